The number of pyridine rings is 1. The number of methoxy groups -OCH3 is 1. The number of carbonyl (C=O) groups excluding carboxylic acids is 1. The number of anilines is 1. The monoisotopic (exact) mass is 427 g/mol. The fourth-order valence-corrected chi connectivity index (χ4v) is 4.01. The van der Waals surface area contributed by atoms with Gasteiger partial charge in [0.25, 0.3) is 0 Å². The van der Waals surface area contributed by atoms with Gasteiger partial charge in [0.1, 0.15) is 30.6 Å². The Balaban J connectivity index is 1.41. The molecule has 9 heteroatoms. The predicted octanol–water partition coefficient (Wildman–Crippen LogP) is 1.86. The average Bonchev–Trinajstić information content (AvgIpc) is 3.10. The van der Waals surface area contributed by atoms with Crippen LogP contribution in [0.5, 0.6) is 0 Å². The minimum atomic E-state index is -1.09. The first-order valence-electron chi connectivity index (χ1n) is 10.3. The lowest BCUT2D eigenvalue weighted by Crippen LogP contribution is -2.54. The molecule has 1 amide bonds. The van der Waals surface area contributed by atoms with Crippen molar-refractivity contribution in [3.63, 3.8) is 0 Å². The first-order valence-corrected chi connectivity index (χ1v) is 10.3. The standard InChI is InChI=1S/C22H26FN5O3/c1-31-13-20-26-17-5-2-3-6-18(17)28(20)12-21(29)25-14-22(30)9-4-10-27(15-22)19-8-7-16(23)11-24-19/h2-3,5-8,11,30H,4,9-10,12-15H2,1H3,(H,25,29). The Labute approximate surface area is 179 Å². The van der Waals surface area contributed by atoms with Crippen LogP contribution < -0.4 is 10.2 Å². The van der Waals surface area contributed by atoms with Gasteiger partial charge in [0.2, 0.25) is 5.91 Å². The van der Waals surface area contributed by atoms with E-state index < -0.39 is 11.4 Å². The van der Waals surface area contributed by atoms with E-state index in [9.17, 15) is 14.3 Å². The van der Waals surface area contributed by atoms with Gasteiger partial charge in [-0.15, -0.1) is 0 Å². The van der Waals surface area contributed by atoms with Crippen LogP contribution in [0.15, 0.2) is 42.6 Å². The molecule has 4 rings (SSSR count). The van der Waals surface area contributed by atoms with E-state index in [1.807, 2.05) is 33.7 Å². The molecule has 0 saturated carbocycles. The molecule has 0 spiro atoms. The van der Waals surface area contributed by atoms with Gasteiger partial charge in [-0.1, -0.05) is 12.1 Å². The molecule has 8 nitrogen and oxygen atoms in total. The minimum absolute atomic E-state index is 0.0819. The summed E-state index contributed by atoms with van der Waals surface area (Å²) in [5.74, 6) is 0.665. The summed E-state index contributed by atoms with van der Waals surface area (Å²) in [5.41, 5.74) is 0.571. The number of benzene rings is 1. The van der Waals surface area contributed by atoms with E-state index in [0.717, 1.165) is 30.2 Å². The Morgan fingerprint density at radius 3 is 2.94 bits per heavy atom. The molecule has 1 aromatic carbocycles. The molecule has 3 aromatic rings. The van der Waals surface area contributed by atoms with Gasteiger partial charge in [-0.2, -0.15) is 0 Å². The Kier molecular flexibility index (Phi) is 6.15. The van der Waals surface area contributed by atoms with Gasteiger partial charge < -0.3 is 24.6 Å². The number of fused-ring (bicyclic) bond motifs is 1. The van der Waals surface area contributed by atoms with Crippen molar-refractivity contribution in [2.75, 3.05) is 31.6 Å². The summed E-state index contributed by atoms with van der Waals surface area (Å²) in [6.07, 6.45) is 2.47. The van der Waals surface area contributed by atoms with Gasteiger partial charge in [0.15, 0.2) is 0 Å². The van der Waals surface area contributed by atoms with Crippen molar-refractivity contribution < 1.29 is 19.0 Å². The molecule has 1 atom stereocenters. The summed E-state index contributed by atoms with van der Waals surface area (Å²) in [6, 6.07) is 10.6. The van der Waals surface area contributed by atoms with Crippen LogP contribution in [-0.4, -0.2) is 57.9 Å². The van der Waals surface area contributed by atoms with E-state index in [4.69, 9.17) is 4.74 Å². The Hall–Kier alpha value is -3.04. The number of nitrogens with zero attached hydrogens (tertiary/aromatic N) is 4. The fraction of sp³-hybridized carbons (Fsp3) is 0.409. The predicted molar refractivity (Wildman–Crippen MR) is 114 cm³/mol. The second-order valence-corrected chi connectivity index (χ2v) is 7.90. The van der Waals surface area contributed by atoms with E-state index in [2.05, 4.69) is 15.3 Å². The molecule has 0 aliphatic carbocycles. The average molecular weight is 427 g/mol. The van der Waals surface area contributed by atoms with E-state index in [1.54, 1.807) is 13.2 Å². The van der Waals surface area contributed by atoms with E-state index in [1.165, 1.54) is 6.07 Å². The van der Waals surface area contributed by atoms with Gasteiger partial charge in [-0.25, -0.2) is 14.4 Å². The summed E-state index contributed by atoms with van der Waals surface area (Å²) in [6.45, 7) is 1.53. The number of aliphatic hydroxyl groups is 1. The lowest BCUT2D eigenvalue weighted by Gasteiger charge is -2.39. The Bertz CT molecular complexity index is 1050. The fourth-order valence-electron chi connectivity index (χ4n) is 4.01. The van der Waals surface area contributed by atoms with Crippen molar-refractivity contribution in [3.05, 3.63) is 54.2 Å². The molecule has 2 aromatic heterocycles. The smallest absolute Gasteiger partial charge is 0.240 e. The third kappa shape index (κ3) is 4.83. The normalized spacial score (nSPS) is 19.0. The number of carbonyl (C=O) groups is 1. The zero-order chi connectivity index (χ0) is 21.8. The molecule has 1 aliphatic heterocycles. The second-order valence-electron chi connectivity index (χ2n) is 7.90. The molecule has 0 radical (unpaired) electrons. The van der Waals surface area contributed by atoms with E-state index >= 15 is 0 Å². The molecular weight excluding hydrogens is 401 g/mol. The van der Waals surface area contributed by atoms with Gasteiger partial charge >= 0.3 is 0 Å². The van der Waals surface area contributed by atoms with Gasteiger partial charge in [0.05, 0.1) is 22.8 Å². The van der Waals surface area contributed by atoms with Gasteiger partial charge in [-0.05, 0) is 37.1 Å². The molecule has 1 saturated heterocycles. The number of para-hydroxylation sites is 2. The summed E-state index contributed by atoms with van der Waals surface area (Å²) >= 11 is 0. The number of amides is 1. The second kappa shape index (κ2) is 8.99. The molecule has 1 unspecified atom stereocenters. The highest BCUT2D eigenvalue weighted by Gasteiger charge is 2.34. The van der Waals surface area contributed by atoms with Crippen LogP contribution in [0.3, 0.4) is 0 Å². The van der Waals surface area contributed by atoms with Crippen molar-refractivity contribution in [2.45, 2.75) is 31.6 Å². The molecule has 31 heavy (non-hydrogen) atoms. The first-order chi connectivity index (χ1) is 15.0. The third-order valence-corrected chi connectivity index (χ3v) is 5.51. The topological polar surface area (TPSA) is 92.5 Å². The number of hydrogen-bond acceptors (Lipinski definition) is 6. The highest BCUT2D eigenvalue weighted by Crippen LogP contribution is 2.24. The molecule has 2 N–H and O–H groups in total. The Morgan fingerprint density at radius 2 is 2.16 bits per heavy atom. The number of nitrogens with one attached hydrogen (secondary N) is 1. The SMILES string of the molecule is COCc1nc2ccccc2n1CC(=O)NCC1(O)CCCN(c2ccc(F)cn2)C1. The van der Waals surface area contributed by atoms with Crippen LogP contribution in [0.2, 0.25) is 0 Å². The maximum Gasteiger partial charge on any atom is 0.240 e. The van der Waals surface area contributed by atoms with Gasteiger partial charge in [0, 0.05) is 26.7 Å². The van der Waals surface area contributed by atoms with E-state index in [0.29, 0.717) is 31.2 Å². The number of rotatable bonds is 7. The molecule has 3 heterocycles. The van der Waals surface area contributed by atoms with Crippen LogP contribution in [0, 0.1) is 5.82 Å². The number of β-amino-alcohol motifs (C(OH)–C–C–N with tert-alkyl or cyclic N) is 1. The number of hydrogen-bond donors (Lipinski definition) is 2. The molecule has 1 fully saturated rings. The minimum Gasteiger partial charge on any atom is -0.386 e. The van der Waals surface area contributed by atoms with Crippen molar-refractivity contribution in [3.8, 4) is 0 Å². The molecular formula is C22H26FN5O3. The number of imidazole rings is 1. The van der Waals surface area contributed by atoms with Crippen molar-refractivity contribution in [2.24, 2.45) is 0 Å². The molecule has 0 bridgehead atoms. The Morgan fingerprint density at radius 1 is 1.32 bits per heavy atom. The number of ether oxygens (including phenoxy) is 1. The summed E-state index contributed by atoms with van der Waals surface area (Å²) < 4.78 is 20.2. The number of halogens is 1. The zero-order valence-electron chi connectivity index (χ0n) is 17.4. The van der Waals surface area contributed by atoms with Crippen molar-refractivity contribution in [1.29, 1.82) is 0 Å². The third-order valence-electron chi connectivity index (χ3n) is 5.51. The summed E-state index contributed by atoms with van der Waals surface area (Å²) in [4.78, 5) is 23.3. The lowest BCUT2D eigenvalue weighted by molar-refractivity contribution is -0.123. The van der Waals surface area contributed by atoms with Crippen LogP contribution in [0.4, 0.5) is 10.2 Å². The summed E-state index contributed by atoms with van der Waals surface area (Å²) in [7, 11) is 1.59. The highest BCUT2D eigenvalue weighted by molar-refractivity contribution is 5.81. The highest BCUT2D eigenvalue weighted by atomic mass is 19.1. The van der Waals surface area contributed by atoms with Crippen molar-refractivity contribution in [1.82, 2.24) is 19.9 Å². The zero-order valence-corrected chi connectivity index (χ0v) is 17.4. The van der Waals surface area contributed by atoms with E-state index in [-0.39, 0.29) is 19.0 Å². The van der Waals surface area contributed by atoms with Crippen molar-refractivity contribution >= 4 is 22.8 Å². The lowest BCUT2D eigenvalue weighted by atomic mass is 9.92. The van der Waals surface area contributed by atoms with Crippen LogP contribution in [0.1, 0.15) is 18.7 Å². The molecule has 1 aliphatic rings. The quantitative estimate of drug-likeness (QED) is 0.598. The largest absolute Gasteiger partial charge is 0.386 e. The maximum atomic E-state index is 13.2. The van der Waals surface area contributed by atoms with Gasteiger partial charge in [-0.3, -0.25) is 4.79 Å². The maximum absolute atomic E-state index is 13.2. The van der Waals surface area contributed by atoms with Crippen LogP contribution in [0.25, 0.3) is 11.0 Å². The summed E-state index contributed by atoms with van der Waals surface area (Å²) in [5, 5.41) is 13.9. The first kappa shape index (κ1) is 21.2. The number of aromatic nitrogens is 3. The van der Waals surface area contributed by atoms with Crippen LogP contribution >= 0.6 is 0 Å². The number of piperidine rings is 1. The van der Waals surface area contributed by atoms with Crippen LogP contribution in [-0.2, 0) is 22.7 Å². The molecule has 164 valence electrons.